The Bertz CT molecular complexity index is 1390. The van der Waals surface area contributed by atoms with Gasteiger partial charge in [0.15, 0.2) is 17.3 Å². The largest absolute Gasteiger partial charge is 0.493 e. The van der Waals surface area contributed by atoms with Crippen molar-refractivity contribution in [3.8, 4) is 28.4 Å². The molecule has 0 atom stereocenters. The van der Waals surface area contributed by atoms with E-state index < -0.39 is 6.03 Å². The summed E-state index contributed by atoms with van der Waals surface area (Å²) in [6.07, 6.45) is 2.75. The Morgan fingerprint density at radius 2 is 1.82 bits per heavy atom. The molecule has 2 N–H and O–H groups in total. The van der Waals surface area contributed by atoms with Crippen LogP contribution in [0.1, 0.15) is 33.0 Å². The topological polar surface area (TPSA) is 120 Å². The van der Waals surface area contributed by atoms with Crippen molar-refractivity contribution in [3.05, 3.63) is 60.5 Å². The molecule has 0 saturated carbocycles. The fourth-order valence-electron chi connectivity index (χ4n) is 3.69. The molecule has 206 valence electrons. The maximum atomic E-state index is 12.4. The zero-order valence-corrected chi connectivity index (χ0v) is 23.2. The minimum absolute atomic E-state index is 0.198. The first kappa shape index (κ1) is 27.6. The molecule has 0 aliphatic carbocycles. The number of nitrogens with zero attached hydrogens (tertiary/aromatic N) is 5. The van der Waals surface area contributed by atoms with Gasteiger partial charge in [0.1, 0.15) is 11.5 Å². The van der Waals surface area contributed by atoms with Crippen LogP contribution in [-0.2, 0) is 5.41 Å². The summed E-state index contributed by atoms with van der Waals surface area (Å²) in [6, 6.07) is 14.3. The fraction of sp³-hybridized carbons (Fsp3) is 0.357. The Morgan fingerprint density at radius 3 is 2.49 bits per heavy atom. The van der Waals surface area contributed by atoms with Crippen molar-refractivity contribution in [1.29, 1.82) is 0 Å². The first-order valence-electron chi connectivity index (χ1n) is 12.7. The molecule has 0 fully saturated rings. The van der Waals surface area contributed by atoms with Crippen molar-refractivity contribution in [2.75, 3.05) is 45.0 Å². The number of hydrogen-bond donors (Lipinski definition) is 2. The van der Waals surface area contributed by atoms with Gasteiger partial charge in [-0.2, -0.15) is 0 Å². The first-order chi connectivity index (χ1) is 18.6. The van der Waals surface area contributed by atoms with Crippen LogP contribution in [0.3, 0.4) is 0 Å². The summed E-state index contributed by atoms with van der Waals surface area (Å²) in [7, 11) is 5.69. The highest BCUT2D eigenvalue weighted by atomic mass is 16.5. The normalized spacial score (nSPS) is 11.5. The summed E-state index contributed by atoms with van der Waals surface area (Å²) >= 11 is 0. The number of ether oxygens (including phenoxy) is 2. The summed E-state index contributed by atoms with van der Waals surface area (Å²) in [5.74, 6) is 2.36. The van der Waals surface area contributed by atoms with Crippen molar-refractivity contribution in [1.82, 2.24) is 25.1 Å². The van der Waals surface area contributed by atoms with E-state index in [1.807, 2.05) is 71.4 Å². The molecule has 0 radical (unpaired) electrons. The Kier molecular flexibility index (Phi) is 8.50. The lowest BCUT2D eigenvalue weighted by Crippen LogP contribution is -2.19. The van der Waals surface area contributed by atoms with E-state index in [0.717, 1.165) is 24.2 Å². The lowest BCUT2D eigenvalue weighted by Gasteiger charge is -2.13. The van der Waals surface area contributed by atoms with Gasteiger partial charge in [0, 0.05) is 35.3 Å². The van der Waals surface area contributed by atoms with Crippen LogP contribution in [0.5, 0.6) is 11.5 Å². The van der Waals surface area contributed by atoms with E-state index in [4.69, 9.17) is 14.0 Å². The molecule has 39 heavy (non-hydrogen) atoms. The summed E-state index contributed by atoms with van der Waals surface area (Å²) in [5, 5.41) is 17.9. The second kappa shape index (κ2) is 12.0. The quantitative estimate of drug-likeness (QED) is 0.267. The van der Waals surface area contributed by atoms with Gasteiger partial charge in [-0.3, -0.25) is 5.32 Å². The smallest absolute Gasteiger partial charge is 0.324 e. The van der Waals surface area contributed by atoms with Crippen molar-refractivity contribution < 1.29 is 18.8 Å². The molecule has 4 rings (SSSR count). The molecule has 0 aliphatic rings. The number of rotatable bonds is 10. The molecule has 11 heteroatoms. The molecule has 2 aromatic heterocycles. The number of carbonyl (C=O) groups is 1. The van der Waals surface area contributed by atoms with Crippen LogP contribution in [0.15, 0.2) is 59.3 Å². The van der Waals surface area contributed by atoms with E-state index in [0.29, 0.717) is 41.1 Å². The number of nitrogens with one attached hydrogen (secondary N) is 2. The number of benzene rings is 2. The average molecular weight is 534 g/mol. The zero-order valence-electron chi connectivity index (χ0n) is 23.2. The van der Waals surface area contributed by atoms with Crippen molar-refractivity contribution in [2.24, 2.45) is 0 Å². The molecule has 4 aromatic rings. The van der Waals surface area contributed by atoms with Gasteiger partial charge in [-0.15, -0.1) is 5.10 Å². The number of urea groups is 1. The second-order valence-electron chi connectivity index (χ2n) is 10.4. The monoisotopic (exact) mass is 533 g/mol. The van der Waals surface area contributed by atoms with Crippen LogP contribution in [0.25, 0.3) is 16.9 Å². The number of carbonyl (C=O) groups excluding carboxylic acids is 1. The zero-order chi connectivity index (χ0) is 28.0. The standard InChI is InChI=1S/C28H35N7O4/c1-28(2,3)25-17-26(32-39-25)30-27(36)29-20-10-8-19(9-11-20)22-18-35(33-31-22)21-12-13-23(24(16-21)37-6)38-15-7-14-34(4)5/h8-13,16-18H,7,14-15H2,1-6H3,(H2,29,30,32,36). The minimum atomic E-state index is -0.415. The summed E-state index contributed by atoms with van der Waals surface area (Å²) in [4.78, 5) is 14.5. The number of hydrogen-bond acceptors (Lipinski definition) is 8. The van der Waals surface area contributed by atoms with E-state index >= 15 is 0 Å². The number of methoxy groups -OCH3 is 1. The molecule has 2 aromatic carbocycles. The van der Waals surface area contributed by atoms with Crippen LogP contribution in [-0.4, -0.2) is 65.4 Å². The molecular formula is C28H35N7O4. The van der Waals surface area contributed by atoms with Gasteiger partial charge in [0.05, 0.1) is 25.6 Å². The van der Waals surface area contributed by atoms with Crippen molar-refractivity contribution >= 4 is 17.5 Å². The molecule has 2 heterocycles. The second-order valence-corrected chi connectivity index (χ2v) is 10.4. The molecule has 0 spiro atoms. The number of aromatic nitrogens is 4. The average Bonchev–Trinajstić information content (AvgIpc) is 3.57. The van der Waals surface area contributed by atoms with Gasteiger partial charge in [-0.1, -0.05) is 43.3 Å². The number of amides is 2. The van der Waals surface area contributed by atoms with Crippen LogP contribution < -0.4 is 20.1 Å². The Morgan fingerprint density at radius 1 is 1.05 bits per heavy atom. The van der Waals surface area contributed by atoms with E-state index in [1.54, 1.807) is 30.0 Å². The van der Waals surface area contributed by atoms with Gasteiger partial charge in [0.25, 0.3) is 0 Å². The van der Waals surface area contributed by atoms with E-state index in [-0.39, 0.29) is 5.41 Å². The maximum absolute atomic E-state index is 12.4. The number of anilines is 2. The molecule has 11 nitrogen and oxygen atoms in total. The van der Waals surface area contributed by atoms with Gasteiger partial charge in [0.2, 0.25) is 0 Å². The predicted octanol–water partition coefficient (Wildman–Crippen LogP) is 5.20. The van der Waals surface area contributed by atoms with E-state index in [1.165, 1.54) is 0 Å². The highest BCUT2D eigenvalue weighted by Crippen LogP contribution is 2.30. The van der Waals surface area contributed by atoms with Gasteiger partial charge in [-0.25, -0.2) is 9.48 Å². The van der Waals surface area contributed by atoms with Crippen LogP contribution in [0.4, 0.5) is 16.3 Å². The van der Waals surface area contributed by atoms with E-state index in [2.05, 4.69) is 31.0 Å². The third kappa shape index (κ3) is 7.35. The Balaban J connectivity index is 1.37. The van der Waals surface area contributed by atoms with Crippen molar-refractivity contribution in [2.45, 2.75) is 32.6 Å². The first-order valence-corrected chi connectivity index (χ1v) is 12.7. The summed E-state index contributed by atoms with van der Waals surface area (Å²) < 4.78 is 18.4. The van der Waals surface area contributed by atoms with Crippen molar-refractivity contribution in [3.63, 3.8) is 0 Å². The summed E-state index contributed by atoms with van der Waals surface area (Å²) in [6.45, 7) is 7.58. The molecular weight excluding hydrogens is 498 g/mol. The van der Waals surface area contributed by atoms with Gasteiger partial charge in [-0.05, 0) is 44.8 Å². The van der Waals surface area contributed by atoms with Crippen LogP contribution >= 0.6 is 0 Å². The highest BCUT2D eigenvalue weighted by Gasteiger charge is 2.20. The fourth-order valence-corrected chi connectivity index (χ4v) is 3.69. The Hall–Kier alpha value is -4.38. The molecule has 2 amide bonds. The highest BCUT2D eigenvalue weighted by molar-refractivity contribution is 5.99. The third-order valence-electron chi connectivity index (χ3n) is 5.84. The Labute approximate surface area is 228 Å². The van der Waals surface area contributed by atoms with E-state index in [9.17, 15) is 4.79 Å². The molecule has 0 unspecified atom stereocenters. The lowest BCUT2D eigenvalue weighted by molar-refractivity contribution is 0.262. The molecule has 0 aliphatic heterocycles. The summed E-state index contributed by atoms with van der Waals surface area (Å²) in [5.41, 5.74) is 2.76. The van der Waals surface area contributed by atoms with Gasteiger partial charge < -0.3 is 24.2 Å². The minimum Gasteiger partial charge on any atom is -0.493 e. The predicted molar refractivity (Wildman–Crippen MR) is 150 cm³/mol. The van der Waals surface area contributed by atoms with Crippen LogP contribution in [0, 0.1) is 0 Å². The van der Waals surface area contributed by atoms with Gasteiger partial charge >= 0.3 is 6.03 Å². The third-order valence-corrected chi connectivity index (χ3v) is 5.84. The maximum Gasteiger partial charge on any atom is 0.324 e. The molecule has 0 bridgehead atoms. The SMILES string of the molecule is COc1cc(-n2cc(-c3ccc(NC(=O)Nc4cc(C(C)(C)C)on4)cc3)nn2)ccc1OCCCN(C)C. The molecule has 0 saturated heterocycles. The lowest BCUT2D eigenvalue weighted by atomic mass is 9.93. The van der Waals surface area contributed by atoms with Crippen LogP contribution in [0.2, 0.25) is 0 Å².